The molecule has 11 atom stereocenters. The van der Waals surface area contributed by atoms with E-state index in [1.165, 1.54) is 18.2 Å². The van der Waals surface area contributed by atoms with Crippen LogP contribution in [-0.2, 0) is 54.5 Å². The van der Waals surface area contributed by atoms with Crippen molar-refractivity contribution in [3.8, 4) is 11.5 Å². The van der Waals surface area contributed by atoms with E-state index in [1.54, 1.807) is 24.3 Å². The molecule has 9 N–H and O–H groups in total. The number of aromatic hydroxyl groups is 2. The van der Waals surface area contributed by atoms with Gasteiger partial charge in [-0.25, -0.2) is 13.8 Å². The zero-order chi connectivity index (χ0) is 46.5. The number of carbonyl (C=O) groups is 2. The Hall–Kier alpha value is -4.29. The number of allylic oxidation sites excluding steroid dienone is 8. The lowest BCUT2D eigenvalue weighted by molar-refractivity contribution is -0.294. The van der Waals surface area contributed by atoms with Gasteiger partial charge < -0.3 is 64.5 Å². The average Bonchev–Trinajstić information content (AvgIpc) is 3.51. The highest BCUT2D eigenvalue weighted by Gasteiger charge is 2.54. The molecule has 0 amide bonds. The summed E-state index contributed by atoms with van der Waals surface area (Å²) in [6.45, 7) is 1.48. The zero-order valence-electron chi connectivity index (χ0n) is 35.0. The van der Waals surface area contributed by atoms with Crippen molar-refractivity contribution in [2.45, 2.75) is 133 Å². The molecule has 2 aliphatic heterocycles. The number of phenols is 2. The highest BCUT2D eigenvalue weighted by atomic mass is 32.3. The average molecular weight is 913 g/mol. The van der Waals surface area contributed by atoms with Crippen LogP contribution in [0.15, 0.2) is 85.0 Å². The Bertz CT molecular complexity index is 1870. The third kappa shape index (κ3) is 17.7. The lowest BCUT2D eigenvalue weighted by Gasteiger charge is -2.44. The molecule has 0 saturated carbocycles. The standard InChI is InChI=1S/C43H60O19S/c1-3-5-7-9-10-12-16-20-33(49)57-26-31(48)39-36(51)37(52)43(61-39)62-40-32(24-44)59-41(35-27(25-58-63(54,55)56)22-29(46)23-30(35)47)38(53)42(40)60-34(50)21-17-13-15-19-28(45)18-14-11-8-6-4-2/h8,10-18,20-23,28,31-32,36-48,51-53H,3-7,9,19,24-26H2,1-2H3,(H,54,55,56)/t28-,31+,32+,36+,37+,38-,39-,40+,41-,42+,43-/m0/s1. The van der Waals surface area contributed by atoms with E-state index in [0.717, 1.165) is 62.8 Å². The Kier molecular flexibility index (Phi) is 22.8. The van der Waals surface area contributed by atoms with Gasteiger partial charge in [-0.2, -0.15) is 8.42 Å². The molecule has 2 fully saturated rings. The minimum Gasteiger partial charge on any atom is -0.508 e. The third-order valence-corrected chi connectivity index (χ3v) is 10.1. The van der Waals surface area contributed by atoms with Gasteiger partial charge in [0.1, 0.15) is 66.9 Å². The predicted molar refractivity (Wildman–Crippen MR) is 224 cm³/mol. The SMILES string of the molecule is CCCC=CC=C[C@H](O)CC=CC=CC(=O)O[C@@H]1[C@@H](O)[C@H](c2c(O)cc(O)cc2COS(=O)(=O)O)O[C@H](CO)[C@H]1O[C@@H]1O[C@@H]([C@H](O)COC(=O)C=CC=CCCCCC)[C@H](O)[C@H]1O. The number of aliphatic hydroxyl groups excluding tert-OH is 6. The quantitative estimate of drug-likeness (QED) is 0.0224. The number of rotatable bonds is 25. The number of aliphatic hydroxyl groups is 6. The molecule has 352 valence electrons. The summed E-state index contributed by atoms with van der Waals surface area (Å²) < 4.78 is 64.5. The van der Waals surface area contributed by atoms with Gasteiger partial charge >= 0.3 is 22.3 Å². The predicted octanol–water partition coefficient (Wildman–Crippen LogP) is 2.33. The number of carbonyl (C=O) groups excluding carboxylic acids is 2. The van der Waals surface area contributed by atoms with E-state index in [0.29, 0.717) is 0 Å². The molecule has 2 aliphatic rings. The van der Waals surface area contributed by atoms with Gasteiger partial charge in [0, 0.05) is 23.8 Å². The Morgan fingerprint density at radius 1 is 0.825 bits per heavy atom. The lowest BCUT2D eigenvalue weighted by Crippen LogP contribution is -2.59. The van der Waals surface area contributed by atoms with E-state index in [1.807, 2.05) is 25.2 Å². The maximum atomic E-state index is 13.2. The molecular formula is C43H60O19S. The molecule has 0 radical (unpaired) electrons. The Morgan fingerprint density at radius 2 is 1.51 bits per heavy atom. The summed E-state index contributed by atoms with van der Waals surface area (Å²) in [5, 5.41) is 86.0. The van der Waals surface area contributed by atoms with Crippen molar-refractivity contribution in [3.63, 3.8) is 0 Å². The summed E-state index contributed by atoms with van der Waals surface area (Å²) in [6, 6.07) is 1.73. The monoisotopic (exact) mass is 912 g/mol. The fourth-order valence-electron chi connectivity index (χ4n) is 6.48. The van der Waals surface area contributed by atoms with Crippen molar-refractivity contribution in [2.24, 2.45) is 0 Å². The topological polar surface area (TPSA) is 306 Å². The number of esters is 2. The van der Waals surface area contributed by atoms with Crippen molar-refractivity contribution in [2.75, 3.05) is 13.2 Å². The van der Waals surface area contributed by atoms with Crippen LogP contribution in [0.2, 0.25) is 0 Å². The maximum absolute atomic E-state index is 13.2. The van der Waals surface area contributed by atoms with E-state index < -0.39 is 127 Å². The van der Waals surface area contributed by atoms with Crippen LogP contribution in [0.5, 0.6) is 11.5 Å². The number of phenolic OH excluding ortho intramolecular Hbond substituents is 2. The number of ether oxygens (including phenoxy) is 5. The van der Waals surface area contributed by atoms with Gasteiger partial charge in [0.25, 0.3) is 0 Å². The molecule has 63 heavy (non-hydrogen) atoms. The van der Waals surface area contributed by atoms with Crippen molar-refractivity contribution < 1.29 is 91.3 Å². The zero-order valence-corrected chi connectivity index (χ0v) is 35.8. The van der Waals surface area contributed by atoms with Crippen LogP contribution in [0.3, 0.4) is 0 Å². The highest BCUT2D eigenvalue weighted by Crippen LogP contribution is 2.43. The third-order valence-electron chi connectivity index (χ3n) is 9.64. The first-order chi connectivity index (χ1) is 30.0. The first kappa shape index (κ1) is 53.1. The molecule has 2 saturated heterocycles. The summed E-state index contributed by atoms with van der Waals surface area (Å²) in [4.78, 5) is 25.5. The van der Waals surface area contributed by atoms with Crippen LogP contribution in [0.25, 0.3) is 0 Å². The van der Waals surface area contributed by atoms with Crippen LogP contribution in [0.4, 0.5) is 0 Å². The fourth-order valence-corrected chi connectivity index (χ4v) is 6.76. The van der Waals surface area contributed by atoms with Crippen LogP contribution < -0.4 is 0 Å². The molecule has 2 heterocycles. The van der Waals surface area contributed by atoms with E-state index in [4.69, 9.17) is 23.7 Å². The maximum Gasteiger partial charge on any atom is 0.397 e. The smallest absolute Gasteiger partial charge is 0.397 e. The second-order valence-corrected chi connectivity index (χ2v) is 15.7. The Balaban J connectivity index is 1.85. The minimum atomic E-state index is -5.07. The number of hydrogen-bond acceptors (Lipinski definition) is 18. The van der Waals surface area contributed by atoms with Gasteiger partial charge in [-0.1, -0.05) is 93.9 Å². The molecule has 0 bridgehead atoms. The molecule has 20 heteroatoms. The number of hydrogen-bond donors (Lipinski definition) is 9. The van der Waals surface area contributed by atoms with Gasteiger partial charge in [-0.15, -0.1) is 0 Å². The van der Waals surface area contributed by atoms with Crippen molar-refractivity contribution in [1.82, 2.24) is 0 Å². The molecule has 0 aliphatic carbocycles. The summed E-state index contributed by atoms with van der Waals surface area (Å²) in [6.07, 6.45) is 5.55. The lowest BCUT2D eigenvalue weighted by atomic mass is 9.88. The largest absolute Gasteiger partial charge is 0.508 e. The second kappa shape index (κ2) is 27.1. The second-order valence-electron chi connectivity index (χ2n) is 14.6. The molecule has 1 aromatic rings. The van der Waals surface area contributed by atoms with Gasteiger partial charge in [-0.05, 0) is 37.3 Å². The summed E-state index contributed by atoms with van der Waals surface area (Å²) >= 11 is 0. The summed E-state index contributed by atoms with van der Waals surface area (Å²) in [7, 11) is -5.07. The molecular weight excluding hydrogens is 853 g/mol. The van der Waals surface area contributed by atoms with Crippen molar-refractivity contribution >= 4 is 22.3 Å². The van der Waals surface area contributed by atoms with E-state index in [9.17, 15) is 63.4 Å². The van der Waals surface area contributed by atoms with Crippen molar-refractivity contribution in [1.29, 1.82) is 0 Å². The normalized spacial score (nSPS) is 26.8. The molecule has 0 unspecified atom stereocenters. The van der Waals surface area contributed by atoms with Gasteiger partial charge in [0.05, 0.1) is 19.3 Å². The van der Waals surface area contributed by atoms with Crippen LogP contribution in [0.1, 0.15) is 76.0 Å². The summed E-state index contributed by atoms with van der Waals surface area (Å²) in [5.41, 5.74) is -0.754. The van der Waals surface area contributed by atoms with Crippen LogP contribution >= 0.6 is 0 Å². The fraction of sp³-hybridized carbons (Fsp3) is 0.535. The first-order valence-corrected chi connectivity index (χ1v) is 21.9. The van der Waals surface area contributed by atoms with E-state index in [-0.39, 0.29) is 12.0 Å². The Morgan fingerprint density at radius 3 is 2.19 bits per heavy atom. The van der Waals surface area contributed by atoms with Crippen molar-refractivity contribution in [3.05, 3.63) is 96.2 Å². The molecule has 1 aromatic carbocycles. The van der Waals surface area contributed by atoms with Gasteiger partial charge in [0.2, 0.25) is 0 Å². The molecule has 0 spiro atoms. The van der Waals surface area contributed by atoms with Gasteiger partial charge in [-0.3, -0.25) is 4.55 Å². The molecule has 3 rings (SSSR count). The van der Waals surface area contributed by atoms with Gasteiger partial charge in [0.15, 0.2) is 12.4 Å². The van der Waals surface area contributed by atoms with Crippen LogP contribution in [0, 0.1) is 0 Å². The number of benzene rings is 1. The molecule has 0 aromatic heterocycles. The van der Waals surface area contributed by atoms with E-state index in [2.05, 4.69) is 11.1 Å². The summed E-state index contributed by atoms with van der Waals surface area (Å²) in [5.74, 6) is -3.30. The number of unbranched alkanes of at least 4 members (excludes halogenated alkanes) is 4. The molecule has 19 nitrogen and oxygen atoms in total. The highest BCUT2D eigenvalue weighted by molar-refractivity contribution is 7.80. The van der Waals surface area contributed by atoms with E-state index >= 15 is 0 Å². The van der Waals surface area contributed by atoms with Crippen LogP contribution in [-0.4, -0.2) is 140 Å². The Labute approximate surface area is 366 Å². The first-order valence-electron chi connectivity index (χ1n) is 20.5. The minimum absolute atomic E-state index is 0.188.